The standard InChI is InChI=1S/C26H42O/c1-2-3-4-5-6-7-8-9-10-11-12-13-14-15-16-17-18-19-20-25-21-23-26(27)24-22-25/h1,21-24,27H,3-20H2. The first-order valence-electron chi connectivity index (χ1n) is 11.5. The third-order valence-electron chi connectivity index (χ3n) is 5.47. The maximum atomic E-state index is 9.28. The lowest BCUT2D eigenvalue weighted by Crippen LogP contribution is -1.86. The van der Waals surface area contributed by atoms with E-state index in [4.69, 9.17) is 6.42 Å². The summed E-state index contributed by atoms with van der Waals surface area (Å²) >= 11 is 0. The van der Waals surface area contributed by atoms with Gasteiger partial charge < -0.3 is 5.11 Å². The van der Waals surface area contributed by atoms with Crippen LogP contribution in [0.4, 0.5) is 0 Å². The van der Waals surface area contributed by atoms with Gasteiger partial charge in [0, 0.05) is 6.42 Å². The van der Waals surface area contributed by atoms with Crippen LogP contribution < -0.4 is 0 Å². The zero-order chi connectivity index (χ0) is 19.4. The lowest BCUT2D eigenvalue weighted by molar-refractivity contribution is 0.475. The second-order valence-electron chi connectivity index (χ2n) is 8.03. The third kappa shape index (κ3) is 15.3. The second kappa shape index (κ2) is 18.0. The Labute approximate surface area is 169 Å². The number of aromatic hydroxyl groups is 1. The largest absolute Gasteiger partial charge is 0.508 e. The van der Waals surface area contributed by atoms with Crippen LogP contribution in [-0.4, -0.2) is 5.11 Å². The number of hydrogen-bond donors (Lipinski definition) is 1. The van der Waals surface area contributed by atoms with Crippen LogP contribution in [0.3, 0.4) is 0 Å². The maximum absolute atomic E-state index is 9.28. The maximum Gasteiger partial charge on any atom is 0.115 e. The van der Waals surface area contributed by atoms with Crippen molar-refractivity contribution in [2.75, 3.05) is 0 Å². The van der Waals surface area contributed by atoms with Gasteiger partial charge in [0.2, 0.25) is 0 Å². The normalized spacial score (nSPS) is 10.8. The Morgan fingerprint density at radius 1 is 0.556 bits per heavy atom. The molecule has 152 valence electrons. The molecule has 0 saturated carbocycles. The molecule has 1 N–H and O–H groups in total. The molecule has 0 aliphatic carbocycles. The van der Waals surface area contributed by atoms with Gasteiger partial charge in [-0.15, -0.1) is 12.3 Å². The van der Waals surface area contributed by atoms with Crippen LogP contribution in [0.25, 0.3) is 0 Å². The Bertz CT molecular complexity index is 468. The van der Waals surface area contributed by atoms with E-state index in [1.54, 1.807) is 12.1 Å². The molecule has 0 fully saturated rings. The fourth-order valence-corrected chi connectivity index (χ4v) is 3.69. The Hall–Kier alpha value is -1.42. The fraction of sp³-hybridized carbons (Fsp3) is 0.692. The van der Waals surface area contributed by atoms with Gasteiger partial charge >= 0.3 is 0 Å². The summed E-state index contributed by atoms with van der Waals surface area (Å²) in [5.74, 6) is 3.09. The summed E-state index contributed by atoms with van der Waals surface area (Å²) < 4.78 is 0. The molecule has 0 aliphatic heterocycles. The Kier molecular flexibility index (Phi) is 15.7. The van der Waals surface area contributed by atoms with Gasteiger partial charge in [0.15, 0.2) is 0 Å². The van der Waals surface area contributed by atoms with Crippen molar-refractivity contribution < 1.29 is 5.11 Å². The van der Waals surface area contributed by atoms with E-state index in [0.717, 1.165) is 12.8 Å². The fourth-order valence-electron chi connectivity index (χ4n) is 3.69. The first-order valence-corrected chi connectivity index (χ1v) is 11.5. The van der Waals surface area contributed by atoms with Gasteiger partial charge in [0.25, 0.3) is 0 Å². The number of rotatable bonds is 18. The van der Waals surface area contributed by atoms with Crippen molar-refractivity contribution in [3.8, 4) is 18.1 Å². The van der Waals surface area contributed by atoms with Crippen molar-refractivity contribution in [2.24, 2.45) is 0 Å². The van der Waals surface area contributed by atoms with E-state index in [1.165, 1.54) is 108 Å². The molecule has 0 aliphatic rings. The van der Waals surface area contributed by atoms with Crippen molar-refractivity contribution >= 4 is 0 Å². The van der Waals surface area contributed by atoms with Crippen LogP contribution in [0.15, 0.2) is 24.3 Å². The summed E-state index contributed by atoms with van der Waals surface area (Å²) in [4.78, 5) is 0. The van der Waals surface area contributed by atoms with Gasteiger partial charge in [-0.2, -0.15) is 0 Å². The number of terminal acetylenes is 1. The Balaban J connectivity index is 1.72. The van der Waals surface area contributed by atoms with Crippen molar-refractivity contribution in [1.82, 2.24) is 0 Å². The van der Waals surface area contributed by atoms with Gasteiger partial charge in [-0.25, -0.2) is 0 Å². The molecule has 1 nitrogen and oxygen atoms in total. The van der Waals surface area contributed by atoms with Gasteiger partial charge in [-0.3, -0.25) is 0 Å². The minimum Gasteiger partial charge on any atom is -0.508 e. The number of unbranched alkanes of at least 4 members (excludes halogenated alkanes) is 16. The van der Waals surface area contributed by atoms with Crippen LogP contribution in [0, 0.1) is 12.3 Å². The summed E-state index contributed by atoms with van der Waals surface area (Å²) in [5.41, 5.74) is 1.34. The number of benzene rings is 1. The zero-order valence-corrected chi connectivity index (χ0v) is 17.6. The predicted octanol–water partition coefficient (Wildman–Crippen LogP) is 8.20. The quantitative estimate of drug-likeness (QED) is 0.204. The van der Waals surface area contributed by atoms with Crippen molar-refractivity contribution in [1.29, 1.82) is 0 Å². The van der Waals surface area contributed by atoms with Crippen LogP contribution in [0.2, 0.25) is 0 Å². The number of aryl methyl sites for hydroxylation is 1. The third-order valence-corrected chi connectivity index (χ3v) is 5.47. The topological polar surface area (TPSA) is 20.2 Å². The van der Waals surface area contributed by atoms with Crippen LogP contribution >= 0.6 is 0 Å². The summed E-state index contributed by atoms with van der Waals surface area (Å²) in [7, 11) is 0. The molecule has 1 aromatic carbocycles. The van der Waals surface area contributed by atoms with Crippen LogP contribution in [0.5, 0.6) is 5.75 Å². The monoisotopic (exact) mass is 370 g/mol. The smallest absolute Gasteiger partial charge is 0.115 e. The molecule has 27 heavy (non-hydrogen) atoms. The van der Waals surface area contributed by atoms with Gasteiger partial charge in [0.05, 0.1) is 0 Å². The second-order valence-corrected chi connectivity index (χ2v) is 8.03. The number of hydrogen-bond acceptors (Lipinski definition) is 1. The number of phenolic OH excluding ortho intramolecular Hbond substituents is 1. The van der Waals surface area contributed by atoms with E-state index in [1.807, 2.05) is 12.1 Å². The lowest BCUT2D eigenvalue weighted by Gasteiger charge is -2.04. The van der Waals surface area contributed by atoms with Crippen molar-refractivity contribution in [3.05, 3.63) is 29.8 Å². The molecule has 0 unspecified atom stereocenters. The van der Waals surface area contributed by atoms with Gasteiger partial charge in [-0.05, 0) is 37.0 Å². The molecule has 0 amide bonds. The molecule has 1 aromatic rings. The summed E-state index contributed by atoms with van der Waals surface area (Å²) in [6.07, 6.45) is 29.5. The summed E-state index contributed by atoms with van der Waals surface area (Å²) in [6.45, 7) is 0. The zero-order valence-electron chi connectivity index (χ0n) is 17.6. The molecule has 0 saturated heterocycles. The molecule has 0 aromatic heterocycles. The average Bonchev–Trinajstić information content (AvgIpc) is 2.68. The van der Waals surface area contributed by atoms with E-state index in [0.29, 0.717) is 5.75 Å². The molecular formula is C26H42O. The van der Waals surface area contributed by atoms with E-state index in [2.05, 4.69) is 5.92 Å². The molecule has 0 atom stereocenters. The highest BCUT2D eigenvalue weighted by atomic mass is 16.3. The van der Waals surface area contributed by atoms with Crippen LogP contribution in [0.1, 0.15) is 115 Å². The van der Waals surface area contributed by atoms with Crippen molar-refractivity contribution in [2.45, 2.75) is 116 Å². The van der Waals surface area contributed by atoms with E-state index in [9.17, 15) is 5.11 Å². The minimum absolute atomic E-state index is 0.366. The summed E-state index contributed by atoms with van der Waals surface area (Å²) in [6, 6.07) is 7.66. The molecule has 0 spiro atoms. The van der Waals surface area contributed by atoms with Crippen LogP contribution in [-0.2, 0) is 6.42 Å². The molecule has 0 radical (unpaired) electrons. The molecule has 0 heterocycles. The van der Waals surface area contributed by atoms with Gasteiger partial charge in [-0.1, -0.05) is 102 Å². The highest BCUT2D eigenvalue weighted by Gasteiger charge is 1.96. The first kappa shape index (κ1) is 23.6. The van der Waals surface area contributed by atoms with Gasteiger partial charge in [0.1, 0.15) is 5.75 Å². The highest BCUT2D eigenvalue weighted by Crippen LogP contribution is 2.15. The Morgan fingerprint density at radius 3 is 1.33 bits per heavy atom. The highest BCUT2D eigenvalue weighted by molar-refractivity contribution is 5.25. The minimum atomic E-state index is 0.366. The molecular weight excluding hydrogens is 328 g/mol. The van der Waals surface area contributed by atoms with E-state index in [-0.39, 0.29) is 0 Å². The summed E-state index contributed by atoms with van der Waals surface area (Å²) in [5, 5.41) is 9.28. The predicted molar refractivity (Wildman–Crippen MR) is 119 cm³/mol. The molecule has 1 rings (SSSR count). The SMILES string of the molecule is C#CCCCCCCCCCCCCCCCCCCc1ccc(O)cc1. The van der Waals surface area contributed by atoms with Crippen molar-refractivity contribution in [3.63, 3.8) is 0 Å². The average molecular weight is 371 g/mol. The van der Waals surface area contributed by atoms with E-state index >= 15 is 0 Å². The van der Waals surface area contributed by atoms with E-state index < -0.39 is 0 Å². The molecule has 1 heteroatoms. The molecule has 0 bridgehead atoms. The lowest BCUT2D eigenvalue weighted by atomic mass is 10.0. The number of phenols is 1. The Morgan fingerprint density at radius 2 is 0.926 bits per heavy atom. The first-order chi connectivity index (χ1) is 13.3.